The number of benzene rings is 2. The fourth-order valence-electron chi connectivity index (χ4n) is 3.00. The van der Waals surface area contributed by atoms with Crippen molar-refractivity contribution in [1.82, 2.24) is 9.97 Å². The van der Waals surface area contributed by atoms with Crippen molar-refractivity contribution in [2.24, 2.45) is 4.99 Å². The molecule has 0 aliphatic carbocycles. The second-order valence-electron chi connectivity index (χ2n) is 6.55. The first-order chi connectivity index (χ1) is 13.2. The molecule has 3 N–H and O–H groups in total. The number of fused-ring (bicyclic) bond motifs is 1. The monoisotopic (exact) mass is 359 g/mol. The Morgan fingerprint density at radius 1 is 1.07 bits per heavy atom. The van der Waals surface area contributed by atoms with Crippen molar-refractivity contribution < 1.29 is 0 Å². The fraction of sp³-hybridized carbons (Fsp3) is 0.190. The van der Waals surface area contributed by atoms with Crippen LogP contribution in [0.25, 0.3) is 0 Å². The molecular weight excluding hydrogens is 338 g/mol. The van der Waals surface area contributed by atoms with E-state index in [1.165, 1.54) is 5.56 Å². The minimum Gasteiger partial charge on any atom is -0.368 e. The van der Waals surface area contributed by atoms with Gasteiger partial charge in [-0.05, 0) is 18.1 Å². The van der Waals surface area contributed by atoms with Gasteiger partial charge in [0.25, 0.3) is 5.56 Å². The van der Waals surface area contributed by atoms with Crippen LogP contribution in [-0.2, 0) is 6.54 Å². The van der Waals surface area contributed by atoms with E-state index in [2.05, 4.69) is 37.7 Å². The Kier molecular flexibility index (Phi) is 4.70. The third kappa shape index (κ3) is 3.89. The van der Waals surface area contributed by atoms with Gasteiger partial charge in [-0.1, -0.05) is 60.2 Å². The molecule has 0 unspecified atom stereocenters. The lowest BCUT2D eigenvalue weighted by molar-refractivity contribution is 1.02. The quantitative estimate of drug-likeness (QED) is 0.664. The van der Waals surface area contributed by atoms with Gasteiger partial charge < -0.3 is 10.6 Å². The molecule has 6 nitrogen and oxygen atoms in total. The van der Waals surface area contributed by atoms with Crippen LogP contribution in [0.5, 0.6) is 0 Å². The normalized spacial score (nSPS) is 13.1. The van der Waals surface area contributed by atoms with Crippen molar-refractivity contribution in [3.63, 3.8) is 0 Å². The summed E-state index contributed by atoms with van der Waals surface area (Å²) < 4.78 is 0. The number of aryl methyl sites for hydroxylation is 1. The average molecular weight is 359 g/mol. The van der Waals surface area contributed by atoms with E-state index in [1.54, 1.807) is 0 Å². The van der Waals surface area contributed by atoms with E-state index in [-0.39, 0.29) is 5.56 Å². The predicted octanol–water partition coefficient (Wildman–Crippen LogP) is 3.63. The summed E-state index contributed by atoms with van der Waals surface area (Å²) >= 11 is 0. The number of rotatable bonds is 4. The second-order valence-corrected chi connectivity index (χ2v) is 6.55. The van der Waals surface area contributed by atoms with Gasteiger partial charge in [-0.3, -0.25) is 9.78 Å². The number of hydrogen-bond donors (Lipinski definition) is 3. The largest absolute Gasteiger partial charge is 0.368 e. The summed E-state index contributed by atoms with van der Waals surface area (Å²) in [5.74, 6) is 0.945. The lowest BCUT2D eigenvalue weighted by Gasteiger charge is -2.09. The van der Waals surface area contributed by atoms with Crippen LogP contribution < -0.4 is 16.2 Å². The maximum Gasteiger partial charge on any atom is 0.280 e. The molecule has 2 heterocycles. The molecule has 0 radical (unpaired) electrons. The molecule has 1 aliphatic rings. The van der Waals surface area contributed by atoms with Crippen molar-refractivity contribution in [2.75, 3.05) is 17.2 Å². The molecule has 4 rings (SSSR count). The van der Waals surface area contributed by atoms with Crippen molar-refractivity contribution >= 4 is 23.2 Å². The Balaban J connectivity index is 1.62. The van der Waals surface area contributed by atoms with Gasteiger partial charge in [-0.15, -0.1) is 0 Å². The standard InChI is InChI=1S/C21H21N5O/c1-14-7-9-16(10-8-14)17-11-12-22-19-18(24-17)20(27)26-21(25-19)23-13-15-5-3-2-4-6-15/h2-10H,11-13H2,1H3,(H3,22,23,25,26,27). The van der Waals surface area contributed by atoms with Gasteiger partial charge in [-0.2, -0.15) is 4.98 Å². The summed E-state index contributed by atoms with van der Waals surface area (Å²) in [7, 11) is 0. The Hall–Kier alpha value is -3.41. The van der Waals surface area contributed by atoms with Crippen LogP contribution in [-0.4, -0.2) is 22.2 Å². The van der Waals surface area contributed by atoms with Crippen molar-refractivity contribution in [2.45, 2.75) is 19.9 Å². The zero-order valence-electron chi connectivity index (χ0n) is 15.1. The smallest absolute Gasteiger partial charge is 0.280 e. The highest BCUT2D eigenvalue weighted by atomic mass is 16.1. The molecular formula is C21H21N5O. The molecule has 0 spiro atoms. The van der Waals surface area contributed by atoms with Crippen LogP contribution in [0.3, 0.4) is 0 Å². The zero-order chi connectivity index (χ0) is 18.6. The SMILES string of the molecule is Cc1ccc(C2=Nc3c(nc(NCc4ccccc4)[nH]c3=O)NCC2)cc1. The summed E-state index contributed by atoms with van der Waals surface area (Å²) in [5.41, 5.74) is 4.30. The summed E-state index contributed by atoms with van der Waals surface area (Å²) in [4.78, 5) is 24.5. The minimum atomic E-state index is -0.255. The van der Waals surface area contributed by atoms with E-state index < -0.39 is 0 Å². The third-order valence-corrected chi connectivity index (χ3v) is 4.48. The van der Waals surface area contributed by atoms with Crippen LogP contribution in [0.2, 0.25) is 0 Å². The predicted molar refractivity (Wildman–Crippen MR) is 109 cm³/mol. The minimum absolute atomic E-state index is 0.255. The summed E-state index contributed by atoms with van der Waals surface area (Å²) in [6.45, 7) is 3.31. The summed E-state index contributed by atoms with van der Waals surface area (Å²) in [6, 6.07) is 18.1. The number of anilines is 2. The molecule has 0 atom stereocenters. The van der Waals surface area contributed by atoms with E-state index in [9.17, 15) is 4.79 Å². The topological polar surface area (TPSA) is 82.2 Å². The highest BCUT2D eigenvalue weighted by molar-refractivity contribution is 6.03. The first-order valence-electron chi connectivity index (χ1n) is 8.99. The van der Waals surface area contributed by atoms with E-state index in [4.69, 9.17) is 0 Å². The van der Waals surface area contributed by atoms with E-state index >= 15 is 0 Å². The molecule has 6 heteroatoms. The molecule has 0 fully saturated rings. The summed E-state index contributed by atoms with van der Waals surface area (Å²) in [6.07, 6.45) is 0.728. The number of nitrogens with one attached hydrogen (secondary N) is 3. The zero-order valence-corrected chi connectivity index (χ0v) is 15.1. The number of nitrogens with zero attached hydrogens (tertiary/aromatic N) is 2. The molecule has 0 saturated carbocycles. The fourth-order valence-corrected chi connectivity index (χ4v) is 3.00. The maximum atomic E-state index is 12.6. The van der Waals surface area contributed by atoms with Crippen LogP contribution >= 0.6 is 0 Å². The summed E-state index contributed by atoms with van der Waals surface area (Å²) in [5, 5.41) is 6.40. The molecule has 0 saturated heterocycles. The van der Waals surface area contributed by atoms with Gasteiger partial charge >= 0.3 is 0 Å². The van der Waals surface area contributed by atoms with Gasteiger partial charge in [0.2, 0.25) is 5.95 Å². The lowest BCUT2D eigenvalue weighted by Crippen LogP contribution is -2.15. The molecule has 136 valence electrons. The van der Waals surface area contributed by atoms with E-state index in [0.29, 0.717) is 30.5 Å². The molecule has 1 aromatic heterocycles. The van der Waals surface area contributed by atoms with Crippen LogP contribution in [0.4, 0.5) is 17.5 Å². The number of aliphatic imine (C=N–C) groups is 1. The highest BCUT2D eigenvalue weighted by Gasteiger charge is 2.16. The molecule has 27 heavy (non-hydrogen) atoms. The van der Waals surface area contributed by atoms with Crippen LogP contribution in [0.15, 0.2) is 64.4 Å². The van der Waals surface area contributed by atoms with Gasteiger partial charge in [0.1, 0.15) is 0 Å². The van der Waals surface area contributed by atoms with Gasteiger partial charge in [0.05, 0.1) is 5.71 Å². The highest BCUT2D eigenvalue weighted by Crippen LogP contribution is 2.24. The van der Waals surface area contributed by atoms with Crippen molar-refractivity contribution in [3.05, 3.63) is 81.6 Å². The molecule has 3 aromatic rings. The van der Waals surface area contributed by atoms with E-state index in [0.717, 1.165) is 23.3 Å². The van der Waals surface area contributed by atoms with E-state index in [1.807, 2.05) is 49.4 Å². The number of hydrogen-bond acceptors (Lipinski definition) is 5. The van der Waals surface area contributed by atoms with Gasteiger partial charge in [-0.25, -0.2) is 4.99 Å². The van der Waals surface area contributed by atoms with Crippen LogP contribution in [0, 0.1) is 6.92 Å². The first-order valence-corrected chi connectivity index (χ1v) is 8.99. The number of H-pyrrole nitrogens is 1. The van der Waals surface area contributed by atoms with Crippen LogP contribution in [0.1, 0.15) is 23.1 Å². The second kappa shape index (κ2) is 7.45. The Morgan fingerprint density at radius 2 is 1.85 bits per heavy atom. The maximum absolute atomic E-state index is 12.6. The number of aromatic amines is 1. The Bertz CT molecular complexity index is 1020. The van der Waals surface area contributed by atoms with Crippen molar-refractivity contribution in [1.29, 1.82) is 0 Å². The molecule has 2 aromatic carbocycles. The average Bonchev–Trinajstić information content (AvgIpc) is 2.91. The Labute approximate surface area is 157 Å². The molecule has 1 aliphatic heterocycles. The van der Waals surface area contributed by atoms with Gasteiger partial charge in [0, 0.05) is 19.5 Å². The number of aromatic nitrogens is 2. The van der Waals surface area contributed by atoms with Gasteiger partial charge in [0.15, 0.2) is 11.5 Å². The molecule has 0 amide bonds. The third-order valence-electron chi connectivity index (χ3n) is 4.48. The Morgan fingerprint density at radius 3 is 2.63 bits per heavy atom. The van der Waals surface area contributed by atoms with Crippen molar-refractivity contribution in [3.8, 4) is 0 Å². The molecule has 0 bridgehead atoms. The first kappa shape index (κ1) is 17.0. The lowest BCUT2D eigenvalue weighted by atomic mass is 10.1.